The van der Waals surface area contributed by atoms with Crippen LogP contribution in [0.15, 0.2) is 35.3 Å². The molecule has 182 valence electrons. The number of aliphatic imine (C=N–C) groups is 1. The highest BCUT2D eigenvalue weighted by molar-refractivity contribution is 14.0. The second-order valence-corrected chi connectivity index (χ2v) is 8.94. The zero-order valence-electron chi connectivity index (χ0n) is 20.1. The Morgan fingerprint density at radius 3 is 2.25 bits per heavy atom. The van der Waals surface area contributed by atoms with Crippen LogP contribution in [-0.4, -0.2) is 106 Å². The Labute approximate surface area is 212 Å². The fraction of sp³-hybridized carbons (Fsp3) is 0.708. The van der Waals surface area contributed by atoms with Gasteiger partial charge in [-0.2, -0.15) is 0 Å². The molecule has 2 N–H and O–H groups in total. The maximum absolute atomic E-state index is 5.52. The molecular formula is C24H43IN6O. The van der Waals surface area contributed by atoms with E-state index in [1.807, 2.05) is 7.05 Å². The van der Waals surface area contributed by atoms with Gasteiger partial charge in [-0.25, -0.2) is 0 Å². The van der Waals surface area contributed by atoms with E-state index >= 15 is 0 Å². The van der Waals surface area contributed by atoms with Crippen molar-refractivity contribution in [3.63, 3.8) is 0 Å². The minimum atomic E-state index is 0. The van der Waals surface area contributed by atoms with Crippen LogP contribution in [0.1, 0.15) is 19.4 Å². The lowest BCUT2D eigenvalue weighted by molar-refractivity contribution is 0.00752. The van der Waals surface area contributed by atoms with Crippen molar-refractivity contribution < 1.29 is 4.74 Å². The molecule has 0 amide bonds. The molecule has 8 heteroatoms. The molecule has 1 atom stereocenters. The van der Waals surface area contributed by atoms with Crippen LogP contribution in [0.5, 0.6) is 0 Å². The zero-order valence-corrected chi connectivity index (χ0v) is 22.5. The Balaban J connectivity index is 0.00000363. The topological polar surface area (TPSA) is 55.4 Å². The molecule has 2 aliphatic rings. The highest BCUT2D eigenvalue weighted by Crippen LogP contribution is 2.12. The summed E-state index contributed by atoms with van der Waals surface area (Å²) in [6.45, 7) is 16.8. The first-order valence-electron chi connectivity index (χ1n) is 11.9. The van der Waals surface area contributed by atoms with E-state index in [0.29, 0.717) is 12.0 Å². The standard InChI is InChI=1S/C24H42N6O.HI/c1-21(2)23(30-15-17-31-18-16-30)19-27-24(25-3)26-9-10-28-11-13-29(14-12-28)20-22-7-5-4-6-8-22;/h4-8,21,23H,9-20H2,1-3H3,(H2,25,26,27);1H. The lowest BCUT2D eigenvalue weighted by Gasteiger charge is -2.37. The van der Waals surface area contributed by atoms with Crippen molar-refractivity contribution in [3.8, 4) is 0 Å². The number of hydrogen-bond acceptors (Lipinski definition) is 5. The Bertz CT molecular complexity index is 645. The lowest BCUT2D eigenvalue weighted by Crippen LogP contribution is -2.53. The van der Waals surface area contributed by atoms with E-state index in [1.165, 1.54) is 5.56 Å². The Morgan fingerprint density at radius 1 is 0.969 bits per heavy atom. The Morgan fingerprint density at radius 2 is 1.62 bits per heavy atom. The van der Waals surface area contributed by atoms with Crippen molar-refractivity contribution in [3.05, 3.63) is 35.9 Å². The summed E-state index contributed by atoms with van der Waals surface area (Å²) in [4.78, 5) is 12.1. The lowest BCUT2D eigenvalue weighted by atomic mass is 10.0. The summed E-state index contributed by atoms with van der Waals surface area (Å²) < 4.78 is 5.52. The fourth-order valence-corrected chi connectivity index (χ4v) is 4.46. The van der Waals surface area contributed by atoms with Crippen molar-refractivity contribution in [2.75, 3.05) is 79.2 Å². The van der Waals surface area contributed by atoms with E-state index in [-0.39, 0.29) is 24.0 Å². The van der Waals surface area contributed by atoms with E-state index < -0.39 is 0 Å². The number of piperazine rings is 1. The Kier molecular flexibility index (Phi) is 12.8. The van der Waals surface area contributed by atoms with E-state index in [4.69, 9.17) is 4.74 Å². The normalized spacial score (nSPS) is 20.1. The predicted molar refractivity (Wildman–Crippen MR) is 144 cm³/mol. The molecule has 2 fully saturated rings. The van der Waals surface area contributed by atoms with Crippen LogP contribution in [0.2, 0.25) is 0 Å². The SMILES string of the molecule is CN=C(NCCN1CCN(Cc2ccccc2)CC1)NCC(C(C)C)N1CCOCC1.I. The molecule has 0 radical (unpaired) electrons. The van der Waals surface area contributed by atoms with Gasteiger partial charge in [-0.05, 0) is 11.5 Å². The highest BCUT2D eigenvalue weighted by atomic mass is 127. The monoisotopic (exact) mass is 558 g/mol. The Hall–Kier alpha value is -0.940. The number of halogens is 1. The van der Waals surface area contributed by atoms with Crippen LogP contribution in [0.3, 0.4) is 0 Å². The first-order chi connectivity index (χ1) is 15.2. The maximum atomic E-state index is 5.52. The average molecular weight is 559 g/mol. The second kappa shape index (κ2) is 15.1. The molecule has 0 saturated carbocycles. The van der Waals surface area contributed by atoms with Gasteiger partial charge in [-0.3, -0.25) is 19.7 Å². The molecule has 7 nitrogen and oxygen atoms in total. The third-order valence-electron chi connectivity index (χ3n) is 6.42. The molecule has 2 heterocycles. The quantitative estimate of drug-likeness (QED) is 0.275. The van der Waals surface area contributed by atoms with Gasteiger partial charge in [0.15, 0.2) is 5.96 Å². The smallest absolute Gasteiger partial charge is 0.191 e. The summed E-state index contributed by atoms with van der Waals surface area (Å²) >= 11 is 0. The number of rotatable bonds is 9. The predicted octanol–water partition coefficient (Wildman–Crippen LogP) is 1.94. The van der Waals surface area contributed by atoms with Crippen LogP contribution < -0.4 is 10.6 Å². The summed E-state index contributed by atoms with van der Waals surface area (Å²) in [5.41, 5.74) is 1.41. The third kappa shape index (κ3) is 9.13. The van der Waals surface area contributed by atoms with Gasteiger partial charge in [0.05, 0.1) is 13.2 Å². The van der Waals surface area contributed by atoms with E-state index in [9.17, 15) is 0 Å². The van der Waals surface area contributed by atoms with Gasteiger partial charge >= 0.3 is 0 Å². The number of benzene rings is 1. The van der Waals surface area contributed by atoms with E-state index in [2.05, 4.69) is 74.5 Å². The molecule has 0 spiro atoms. The van der Waals surface area contributed by atoms with Crippen molar-refractivity contribution in [2.45, 2.75) is 26.4 Å². The highest BCUT2D eigenvalue weighted by Gasteiger charge is 2.24. The molecule has 2 aliphatic heterocycles. The number of hydrogen-bond donors (Lipinski definition) is 2. The molecule has 1 unspecified atom stereocenters. The van der Waals surface area contributed by atoms with E-state index in [1.54, 1.807) is 0 Å². The van der Waals surface area contributed by atoms with Crippen LogP contribution in [0, 0.1) is 5.92 Å². The first kappa shape index (κ1) is 27.3. The molecular weight excluding hydrogens is 515 g/mol. The summed E-state index contributed by atoms with van der Waals surface area (Å²) in [6.07, 6.45) is 0. The van der Waals surface area contributed by atoms with Gasteiger partial charge in [0.25, 0.3) is 0 Å². The molecule has 0 bridgehead atoms. The fourth-order valence-electron chi connectivity index (χ4n) is 4.46. The van der Waals surface area contributed by atoms with Gasteiger partial charge < -0.3 is 15.4 Å². The summed E-state index contributed by atoms with van der Waals surface area (Å²) in [7, 11) is 1.86. The van der Waals surface area contributed by atoms with Crippen molar-refractivity contribution >= 4 is 29.9 Å². The zero-order chi connectivity index (χ0) is 21.9. The van der Waals surface area contributed by atoms with Crippen molar-refractivity contribution in [1.82, 2.24) is 25.3 Å². The van der Waals surface area contributed by atoms with Crippen LogP contribution in [0.4, 0.5) is 0 Å². The molecule has 32 heavy (non-hydrogen) atoms. The first-order valence-corrected chi connectivity index (χ1v) is 11.9. The summed E-state index contributed by atoms with van der Waals surface area (Å²) in [5, 5.41) is 7.06. The minimum absolute atomic E-state index is 0. The van der Waals surface area contributed by atoms with Crippen LogP contribution >= 0.6 is 24.0 Å². The van der Waals surface area contributed by atoms with Crippen molar-refractivity contribution in [2.24, 2.45) is 10.9 Å². The molecule has 1 aromatic carbocycles. The van der Waals surface area contributed by atoms with Crippen LogP contribution in [-0.2, 0) is 11.3 Å². The summed E-state index contributed by atoms with van der Waals surface area (Å²) in [6, 6.07) is 11.3. The minimum Gasteiger partial charge on any atom is -0.379 e. The van der Waals surface area contributed by atoms with Gasteiger partial charge in [0.1, 0.15) is 0 Å². The van der Waals surface area contributed by atoms with Gasteiger partial charge in [-0.15, -0.1) is 24.0 Å². The molecule has 0 aliphatic carbocycles. The third-order valence-corrected chi connectivity index (χ3v) is 6.42. The summed E-state index contributed by atoms with van der Waals surface area (Å²) in [5.74, 6) is 1.50. The van der Waals surface area contributed by atoms with E-state index in [0.717, 1.165) is 84.6 Å². The number of nitrogens with zero attached hydrogens (tertiary/aromatic N) is 4. The number of morpholine rings is 1. The van der Waals surface area contributed by atoms with Gasteiger partial charge in [0.2, 0.25) is 0 Å². The average Bonchev–Trinajstić information content (AvgIpc) is 2.80. The molecule has 3 rings (SSSR count). The number of ether oxygens (including phenoxy) is 1. The number of guanidine groups is 1. The molecule has 2 saturated heterocycles. The molecule has 0 aromatic heterocycles. The largest absolute Gasteiger partial charge is 0.379 e. The van der Waals surface area contributed by atoms with Gasteiger partial charge in [-0.1, -0.05) is 44.2 Å². The second-order valence-electron chi connectivity index (χ2n) is 8.94. The van der Waals surface area contributed by atoms with Gasteiger partial charge in [0, 0.05) is 78.5 Å². The molecule has 1 aromatic rings. The maximum Gasteiger partial charge on any atom is 0.191 e. The number of nitrogens with one attached hydrogen (secondary N) is 2. The van der Waals surface area contributed by atoms with Crippen molar-refractivity contribution in [1.29, 1.82) is 0 Å². The van der Waals surface area contributed by atoms with Crippen LogP contribution in [0.25, 0.3) is 0 Å².